The Morgan fingerprint density at radius 2 is 1.94 bits per heavy atom. The molecule has 1 aliphatic carbocycles. The molecule has 1 aliphatic rings. The minimum Gasteiger partial charge on any atom is -0.0730 e. The molecular weight excluding hydrogens is 192 g/mol. The molecule has 0 radical (unpaired) electrons. The highest BCUT2D eigenvalue weighted by molar-refractivity contribution is 5.21. The lowest BCUT2D eigenvalue weighted by atomic mass is 9.81. The zero-order chi connectivity index (χ0) is 12.1. The average molecular weight is 220 g/mol. The second-order valence-electron chi connectivity index (χ2n) is 6.04. The molecule has 0 heterocycles. The van der Waals surface area contributed by atoms with E-state index in [4.69, 9.17) is 0 Å². The van der Waals surface area contributed by atoms with Gasteiger partial charge in [0.25, 0.3) is 0 Å². The molecule has 0 heteroatoms. The van der Waals surface area contributed by atoms with Gasteiger partial charge in [0.05, 0.1) is 0 Å². The molecule has 2 atom stereocenters. The van der Waals surface area contributed by atoms with Crippen molar-refractivity contribution < 1.29 is 0 Å². The van der Waals surface area contributed by atoms with Crippen molar-refractivity contribution in [3.05, 3.63) is 23.3 Å². The van der Waals surface area contributed by atoms with Gasteiger partial charge in [-0.1, -0.05) is 56.9 Å². The summed E-state index contributed by atoms with van der Waals surface area (Å²) in [6.07, 6.45) is 10.1. The minimum absolute atomic E-state index is 0.812. The van der Waals surface area contributed by atoms with Crippen LogP contribution >= 0.6 is 0 Å². The molecule has 0 saturated heterocycles. The third-order valence-electron chi connectivity index (χ3n) is 3.84. The molecule has 92 valence electrons. The molecule has 0 fully saturated rings. The van der Waals surface area contributed by atoms with E-state index in [-0.39, 0.29) is 0 Å². The second kappa shape index (κ2) is 6.27. The first-order valence-electron chi connectivity index (χ1n) is 6.84. The Morgan fingerprint density at radius 3 is 2.56 bits per heavy atom. The minimum atomic E-state index is 0.812. The van der Waals surface area contributed by atoms with Crippen molar-refractivity contribution >= 4 is 0 Å². The lowest BCUT2D eigenvalue weighted by Crippen LogP contribution is -2.13. The second-order valence-corrected chi connectivity index (χ2v) is 6.04. The van der Waals surface area contributed by atoms with E-state index in [0.29, 0.717) is 0 Å². The zero-order valence-electron chi connectivity index (χ0n) is 11.7. The van der Waals surface area contributed by atoms with Crippen molar-refractivity contribution in [2.45, 2.75) is 60.3 Å². The van der Waals surface area contributed by atoms with E-state index in [9.17, 15) is 0 Å². The Kier molecular flexibility index (Phi) is 5.31. The largest absolute Gasteiger partial charge is 0.0730 e. The summed E-state index contributed by atoms with van der Waals surface area (Å²) >= 11 is 0. The van der Waals surface area contributed by atoms with Crippen molar-refractivity contribution in [2.24, 2.45) is 17.8 Å². The van der Waals surface area contributed by atoms with E-state index in [1.54, 1.807) is 11.1 Å². The first kappa shape index (κ1) is 13.5. The topological polar surface area (TPSA) is 0 Å². The summed E-state index contributed by atoms with van der Waals surface area (Å²) in [5, 5.41) is 0. The Morgan fingerprint density at radius 1 is 1.25 bits per heavy atom. The maximum Gasteiger partial charge on any atom is -0.0174 e. The molecule has 0 bridgehead atoms. The third kappa shape index (κ3) is 4.15. The van der Waals surface area contributed by atoms with Crippen molar-refractivity contribution in [2.75, 3.05) is 0 Å². The van der Waals surface area contributed by atoms with Crippen LogP contribution < -0.4 is 0 Å². The van der Waals surface area contributed by atoms with E-state index in [1.165, 1.54) is 25.7 Å². The van der Waals surface area contributed by atoms with Gasteiger partial charge in [0.15, 0.2) is 0 Å². The predicted octanol–water partition coefficient (Wildman–Crippen LogP) is 5.36. The van der Waals surface area contributed by atoms with Crippen LogP contribution in [-0.4, -0.2) is 0 Å². The third-order valence-corrected chi connectivity index (χ3v) is 3.84. The molecule has 0 saturated carbocycles. The normalized spacial score (nSPS) is 26.4. The highest BCUT2D eigenvalue weighted by Gasteiger charge is 2.20. The van der Waals surface area contributed by atoms with E-state index < -0.39 is 0 Å². The molecule has 0 aromatic carbocycles. The first-order chi connectivity index (χ1) is 7.50. The van der Waals surface area contributed by atoms with Gasteiger partial charge < -0.3 is 0 Å². The van der Waals surface area contributed by atoms with Gasteiger partial charge >= 0.3 is 0 Å². The molecular formula is C16H28. The summed E-state index contributed by atoms with van der Waals surface area (Å²) in [6.45, 7) is 11.6. The number of allylic oxidation sites excluding steroid dienone is 4. The average Bonchev–Trinajstić information content (AvgIpc) is 2.30. The Labute approximate surface area is 102 Å². The molecule has 0 N–H and O–H groups in total. The summed E-state index contributed by atoms with van der Waals surface area (Å²) in [7, 11) is 0. The molecule has 0 nitrogen and oxygen atoms in total. The smallest absolute Gasteiger partial charge is 0.0174 e. The molecule has 0 aromatic heterocycles. The maximum atomic E-state index is 2.42. The summed E-state index contributed by atoms with van der Waals surface area (Å²) in [5.41, 5.74) is 3.13. The molecule has 16 heavy (non-hydrogen) atoms. The fourth-order valence-corrected chi connectivity index (χ4v) is 2.82. The Bertz CT molecular complexity index is 268. The van der Waals surface area contributed by atoms with Gasteiger partial charge in [-0.2, -0.15) is 0 Å². The van der Waals surface area contributed by atoms with Gasteiger partial charge in [0, 0.05) is 0 Å². The van der Waals surface area contributed by atoms with Crippen LogP contribution in [0.4, 0.5) is 0 Å². The van der Waals surface area contributed by atoms with E-state index in [0.717, 1.165) is 17.8 Å². The van der Waals surface area contributed by atoms with Crippen LogP contribution in [0.1, 0.15) is 60.3 Å². The summed E-state index contributed by atoms with van der Waals surface area (Å²) < 4.78 is 0. The first-order valence-corrected chi connectivity index (χ1v) is 6.84. The molecule has 1 rings (SSSR count). The van der Waals surface area contributed by atoms with Crippen LogP contribution in [0.3, 0.4) is 0 Å². The lowest BCUT2D eigenvalue weighted by molar-refractivity contribution is 0.362. The fraction of sp³-hybridized carbons (Fsp3) is 0.750. The van der Waals surface area contributed by atoms with Gasteiger partial charge in [0.2, 0.25) is 0 Å². The summed E-state index contributed by atoms with van der Waals surface area (Å²) in [5.74, 6) is 2.49. The molecule has 0 aliphatic heterocycles. The van der Waals surface area contributed by atoms with Crippen LogP contribution in [-0.2, 0) is 0 Å². The highest BCUT2D eigenvalue weighted by Crippen LogP contribution is 2.33. The number of hydrogen-bond acceptors (Lipinski definition) is 0. The monoisotopic (exact) mass is 220 g/mol. The van der Waals surface area contributed by atoms with E-state index >= 15 is 0 Å². The quantitative estimate of drug-likeness (QED) is 0.598. The van der Waals surface area contributed by atoms with Crippen LogP contribution in [0.25, 0.3) is 0 Å². The van der Waals surface area contributed by atoms with Crippen LogP contribution in [0, 0.1) is 17.8 Å². The van der Waals surface area contributed by atoms with Crippen molar-refractivity contribution in [3.63, 3.8) is 0 Å². The van der Waals surface area contributed by atoms with Crippen molar-refractivity contribution in [1.29, 1.82) is 0 Å². The van der Waals surface area contributed by atoms with Gasteiger partial charge in [-0.15, -0.1) is 0 Å². The van der Waals surface area contributed by atoms with E-state index in [2.05, 4.69) is 46.8 Å². The fourth-order valence-electron chi connectivity index (χ4n) is 2.82. The number of hydrogen-bond donors (Lipinski definition) is 0. The molecule has 0 amide bonds. The van der Waals surface area contributed by atoms with Gasteiger partial charge in [-0.3, -0.25) is 0 Å². The van der Waals surface area contributed by atoms with Gasteiger partial charge in [0.1, 0.15) is 0 Å². The predicted molar refractivity (Wildman–Crippen MR) is 73.5 cm³/mol. The van der Waals surface area contributed by atoms with Crippen molar-refractivity contribution in [3.8, 4) is 0 Å². The summed E-state index contributed by atoms with van der Waals surface area (Å²) in [4.78, 5) is 0. The lowest BCUT2D eigenvalue weighted by Gasteiger charge is -2.24. The number of rotatable bonds is 4. The molecule has 0 spiro atoms. The maximum absolute atomic E-state index is 2.42. The Hall–Kier alpha value is -0.520. The van der Waals surface area contributed by atoms with Crippen LogP contribution in [0.15, 0.2) is 23.3 Å². The van der Waals surface area contributed by atoms with E-state index in [1.807, 2.05) is 0 Å². The van der Waals surface area contributed by atoms with Crippen molar-refractivity contribution in [1.82, 2.24) is 0 Å². The Balaban J connectivity index is 2.52. The summed E-state index contributed by atoms with van der Waals surface area (Å²) in [6, 6.07) is 0. The van der Waals surface area contributed by atoms with Crippen LogP contribution in [0.2, 0.25) is 0 Å². The SMILES string of the molecule is CC1=CC=C(C)C(CCCC(C)C)C(C)C1. The molecule has 2 unspecified atom stereocenters. The molecule has 0 aromatic rings. The standard InChI is InChI=1S/C16H28/c1-12(2)7-6-8-16-14(4)10-9-13(3)11-15(16)5/h9-10,12,15-16H,6-8,11H2,1-5H3. The van der Waals surface area contributed by atoms with Crippen LogP contribution in [0.5, 0.6) is 0 Å². The zero-order valence-corrected chi connectivity index (χ0v) is 11.7. The van der Waals surface area contributed by atoms with Gasteiger partial charge in [-0.25, -0.2) is 0 Å². The van der Waals surface area contributed by atoms with Gasteiger partial charge in [-0.05, 0) is 44.4 Å². The highest BCUT2D eigenvalue weighted by atomic mass is 14.3.